The maximum Gasteiger partial charge on any atom is 0.353 e. The number of nitro groups is 1. The number of nitrogen functional groups attached to an aromatic ring is 1. The summed E-state index contributed by atoms with van der Waals surface area (Å²) < 4.78 is 4.45. The van der Waals surface area contributed by atoms with Gasteiger partial charge < -0.3 is 15.4 Å². The molecule has 0 spiro atoms. The topological polar surface area (TPSA) is 124 Å². The minimum absolute atomic E-state index is 0.0344. The second-order valence-corrected chi connectivity index (χ2v) is 3.12. The molecule has 2 N–H and O–H groups in total. The Kier molecular flexibility index (Phi) is 3.75. The zero-order chi connectivity index (χ0) is 13.0. The molecule has 1 heterocycles. The van der Waals surface area contributed by atoms with Gasteiger partial charge in [0.05, 0.1) is 12.0 Å². The number of likely N-dealkylation sites (N-methyl/N-ethyl adjacent to an activating group) is 1. The van der Waals surface area contributed by atoms with Crippen LogP contribution in [-0.4, -0.2) is 41.6 Å². The first kappa shape index (κ1) is 12.6. The first-order valence-corrected chi connectivity index (χ1v) is 4.50. The number of nitrogens with zero attached hydrogens (tertiary/aromatic N) is 4. The van der Waals surface area contributed by atoms with E-state index in [9.17, 15) is 14.9 Å². The molecule has 17 heavy (non-hydrogen) atoms. The molecule has 0 bridgehead atoms. The number of anilines is 2. The maximum absolute atomic E-state index is 11.1. The highest BCUT2D eigenvalue weighted by molar-refractivity contribution is 5.78. The van der Waals surface area contributed by atoms with Gasteiger partial charge in [-0.25, -0.2) is 9.97 Å². The van der Waals surface area contributed by atoms with Gasteiger partial charge in [0.1, 0.15) is 12.9 Å². The van der Waals surface area contributed by atoms with Crippen molar-refractivity contribution < 1.29 is 14.5 Å². The molecule has 0 radical (unpaired) electrons. The maximum atomic E-state index is 11.1. The zero-order valence-electron chi connectivity index (χ0n) is 9.28. The van der Waals surface area contributed by atoms with E-state index in [1.807, 2.05) is 0 Å². The van der Waals surface area contributed by atoms with Gasteiger partial charge in [-0.15, -0.1) is 0 Å². The van der Waals surface area contributed by atoms with Crippen molar-refractivity contribution in [3.05, 3.63) is 16.4 Å². The smallest absolute Gasteiger partial charge is 0.353 e. The molecule has 0 saturated carbocycles. The Balaban J connectivity index is 3.09. The standard InChI is InChI=1S/C8H11N5O4/c1-12(3-5(14)17-2)8-6(13(15)16)7(9)10-4-11-8/h4H,3H2,1-2H3,(H2,9,10,11). The predicted molar refractivity (Wildman–Crippen MR) is 58.4 cm³/mol. The lowest BCUT2D eigenvalue weighted by Gasteiger charge is -2.16. The second-order valence-electron chi connectivity index (χ2n) is 3.12. The number of carbonyl (C=O) groups is 1. The summed E-state index contributed by atoms with van der Waals surface area (Å²) in [7, 11) is 2.69. The highest BCUT2D eigenvalue weighted by Gasteiger charge is 2.24. The van der Waals surface area contributed by atoms with Gasteiger partial charge in [0, 0.05) is 7.05 Å². The lowest BCUT2D eigenvalue weighted by molar-refractivity contribution is -0.383. The first-order chi connectivity index (χ1) is 7.97. The van der Waals surface area contributed by atoms with Crippen LogP contribution in [0.15, 0.2) is 6.33 Å². The van der Waals surface area contributed by atoms with Crippen LogP contribution in [0.3, 0.4) is 0 Å². The summed E-state index contributed by atoms with van der Waals surface area (Å²) in [5, 5.41) is 10.8. The number of carbonyl (C=O) groups excluding carboxylic acids is 1. The summed E-state index contributed by atoms with van der Waals surface area (Å²) in [6.07, 6.45) is 1.09. The number of nitrogens with two attached hydrogens (primary N) is 1. The predicted octanol–water partition coefficient (Wildman–Crippen LogP) is -0.424. The van der Waals surface area contributed by atoms with Crippen molar-refractivity contribution >= 4 is 23.3 Å². The lowest BCUT2D eigenvalue weighted by Crippen LogP contribution is -2.28. The molecule has 0 fully saturated rings. The normalized spacial score (nSPS) is 9.76. The molecule has 0 amide bonds. The quantitative estimate of drug-likeness (QED) is 0.428. The Hall–Kier alpha value is -2.45. The minimum atomic E-state index is -0.696. The van der Waals surface area contributed by atoms with E-state index in [-0.39, 0.29) is 18.2 Å². The monoisotopic (exact) mass is 241 g/mol. The van der Waals surface area contributed by atoms with Crippen LogP contribution in [0.5, 0.6) is 0 Å². The number of methoxy groups -OCH3 is 1. The van der Waals surface area contributed by atoms with E-state index < -0.39 is 16.6 Å². The van der Waals surface area contributed by atoms with Gasteiger partial charge in [-0.05, 0) is 0 Å². The van der Waals surface area contributed by atoms with Crippen LogP contribution < -0.4 is 10.6 Å². The van der Waals surface area contributed by atoms with Gasteiger partial charge in [-0.2, -0.15) is 0 Å². The zero-order valence-corrected chi connectivity index (χ0v) is 9.28. The number of hydrogen-bond acceptors (Lipinski definition) is 8. The van der Waals surface area contributed by atoms with Crippen molar-refractivity contribution in [2.75, 3.05) is 31.3 Å². The summed E-state index contributed by atoms with van der Waals surface area (Å²) in [6.45, 7) is -0.173. The van der Waals surface area contributed by atoms with Crippen molar-refractivity contribution in [2.24, 2.45) is 0 Å². The Bertz CT molecular complexity index is 450. The van der Waals surface area contributed by atoms with E-state index in [0.29, 0.717) is 0 Å². The van der Waals surface area contributed by atoms with Crippen LogP contribution in [0.4, 0.5) is 17.3 Å². The molecule has 0 saturated heterocycles. The third-order valence-corrected chi connectivity index (χ3v) is 1.97. The third-order valence-electron chi connectivity index (χ3n) is 1.97. The molecule has 92 valence electrons. The minimum Gasteiger partial charge on any atom is -0.468 e. The lowest BCUT2D eigenvalue weighted by atomic mass is 10.4. The summed E-state index contributed by atoms with van der Waals surface area (Å²) in [5.74, 6) is -0.830. The van der Waals surface area contributed by atoms with Gasteiger partial charge in [-0.1, -0.05) is 0 Å². The second kappa shape index (κ2) is 5.05. The fourth-order valence-electron chi connectivity index (χ4n) is 1.17. The number of aromatic nitrogens is 2. The molecular weight excluding hydrogens is 230 g/mol. The molecule has 0 aromatic carbocycles. The first-order valence-electron chi connectivity index (χ1n) is 4.50. The molecule has 0 aliphatic rings. The Morgan fingerprint density at radius 3 is 2.82 bits per heavy atom. The Morgan fingerprint density at radius 1 is 1.65 bits per heavy atom. The van der Waals surface area contributed by atoms with E-state index in [1.165, 1.54) is 19.1 Å². The molecule has 1 aromatic heterocycles. The number of ether oxygens (including phenoxy) is 1. The average molecular weight is 241 g/mol. The van der Waals surface area contributed by atoms with Gasteiger partial charge in [-0.3, -0.25) is 14.9 Å². The van der Waals surface area contributed by atoms with Gasteiger partial charge >= 0.3 is 11.7 Å². The van der Waals surface area contributed by atoms with Crippen molar-refractivity contribution in [3.63, 3.8) is 0 Å². The van der Waals surface area contributed by atoms with Crippen LogP contribution >= 0.6 is 0 Å². The van der Waals surface area contributed by atoms with E-state index in [0.717, 1.165) is 6.33 Å². The summed E-state index contributed by atoms with van der Waals surface area (Å²) >= 11 is 0. The molecule has 0 atom stereocenters. The largest absolute Gasteiger partial charge is 0.468 e. The summed E-state index contributed by atoms with van der Waals surface area (Å²) in [6, 6.07) is 0. The van der Waals surface area contributed by atoms with Crippen LogP contribution in [-0.2, 0) is 9.53 Å². The number of hydrogen-bond donors (Lipinski definition) is 1. The molecule has 1 rings (SSSR count). The van der Waals surface area contributed by atoms with Crippen LogP contribution in [0, 0.1) is 10.1 Å². The molecule has 0 aliphatic carbocycles. The van der Waals surface area contributed by atoms with Crippen molar-refractivity contribution in [1.82, 2.24) is 9.97 Å². The Morgan fingerprint density at radius 2 is 2.29 bits per heavy atom. The highest BCUT2D eigenvalue weighted by Crippen LogP contribution is 2.28. The highest BCUT2D eigenvalue weighted by atomic mass is 16.6. The summed E-state index contributed by atoms with van der Waals surface area (Å²) in [5.41, 5.74) is 4.96. The molecule has 0 unspecified atom stereocenters. The van der Waals surface area contributed by atoms with E-state index >= 15 is 0 Å². The van der Waals surface area contributed by atoms with E-state index in [2.05, 4.69) is 14.7 Å². The van der Waals surface area contributed by atoms with E-state index in [4.69, 9.17) is 5.73 Å². The number of rotatable bonds is 4. The molecule has 9 heteroatoms. The molecule has 9 nitrogen and oxygen atoms in total. The average Bonchev–Trinajstić information content (AvgIpc) is 2.27. The van der Waals surface area contributed by atoms with Gasteiger partial charge in [0.25, 0.3) is 0 Å². The van der Waals surface area contributed by atoms with Crippen molar-refractivity contribution in [3.8, 4) is 0 Å². The Labute approximate surface area is 96.4 Å². The SMILES string of the molecule is COC(=O)CN(C)c1ncnc(N)c1[N+](=O)[O-]. The molecule has 0 aliphatic heterocycles. The summed E-state index contributed by atoms with van der Waals surface area (Å²) in [4.78, 5) is 29.7. The number of esters is 1. The van der Waals surface area contributed by atoms with Crippen LogP contribution in [0.2, 0.25) is 0 Å². The fraction of sp³-hybridized carbons (Fsp3) is 0.375. The molecular formula is C8H11N5O4. The van der Waals surface area contributed by atoms with Crippen LogP contribution in [0.1, 0.15) is 0 Å². The van der Waals surface area contributed by atoms with Crippen molar-refractivity contribution in [2.45, 2.75) is 0 Å². The van der Waals surface area contributed by atoms with Crippen LogP contribution in [0.25, 0.3) is 0 Å². The van der Waals surface area contributed by atoms with Gasteiger partial charge in [0.2, 0.25) is 11.6 Å². The van der Waals surface area contributed by atoms with E-state index in [1.54, 1.807) is 0 Å². The third kappa shape index (κ3) is 2.77. The fourth-order valence-corrected chi connectivity index (χ4v) is 1.17. The molecule has 1 aromatic rings. The van der Waals surface area contributed by atoms with Crippen molar-refractivity contribution in [1.29, 1.82) is 0 Å². The van der Waals surface area contributed by atoms with Gasteiger partial charge in [0.15, 0.2) is 0 Å².